The highest BCUT2D eigenvalue weighted by atomic mass is 79.9. The smallest absolute Gasteiger partial charge is 0.0620 e. The Labute approximate surface area is 103 Å². The molecule has 2 nitrogen and oxygen atoms in total. The highest BCUT2D eigenvalue weighted by molar-refractivity contribution is 9.10. The van der Waals surface area contributed by atoms with Gasteiger partial charge in [-0.25, -0.2) is 0 Å². The van der Waals surface area contributed by atoms with Crippen LogP contribution in [0.3, 0.4) is 0 Å². The van der Waals surface area contributed by atoms with E-state index in [1.165, 1.54) is 5.56 Å². The highest BCUT2D eigenvalue weighted by Crippen LogP contribution is 2.26. The number of hydrogen-bond acceptors (Lipinski definition) is 2. The van der Waals surface area contributed by atoms with Crippen LogP contribution in [0.4, 0.5) is 0 Å². The molecule has 1 heterocycles. The van der Waals surface area contributed by atoms with Gasteiger partial charge < -0.3 is 10.1 Å². The van der Waals surface area contributed by atoms with Gasteiger partial charge in [0.15, 0.2) is 0 Å². The number of nitrogens with one attached hydrogen (secondary N) is 1. The average molecular weight is 291 g/mol. The van der Waals surface area contributed by atoms with Gasteiger partial charge in [-0.2, -0.15) is 0 Å². The number of halogens is 2. The fourth-order valence-electron chi connectivity index (χ4n) is 1.63. The molecule has 0 aromatic heterocycles. The van der Waals surface area contributed by atoms with Crippen LogP contribution in [0.25, 0.3) is 0 Å². The normalized spacial score (nSPS) is 20.8. The molecule has 0 spiro atoms. The number of hydrogen-bond donors (Lipinski definition) is 1. The van der Waals surface area contributed by atoms with E-state index >= 15 is 0 Å². The molecule has 1 aromatic rings. The van der Waals surface area contributed by atoms with Crippen molar-refractivity contribution in [3.8, 4) is 0 Å². The number of ether oxygens (including phenoxy) is 1. The summed E-state index contributed by atoms with van der Waals surface area (Å²) in [6.45, 7) is 2.52. The number of benzene rings is 1. The van der Waals surface area contributed by atoms with Crippen LogP contribution in [-0.4, -0.2) is 19.3 Å². The predicted molar refractivity (Wildman–Crippen MR) is 65.2 cm³/mol. The molecule has 0 radical (unpaired) electrons. The molecule has 0 amide bonds. The minimum atomic E-state index is 0.482. The lowest BCUT2D eigenvalue weighted by Crippen LogP contribution is -2.28. The van der Waals surface area contributed by atoms with Gasteiger partial charge in [-0.3, -0.25) is 0 Å². The minimum absolute atomic E-state index is 0.482. The fourth-order valence-corrected chi connectivity index (χ4v) is 2.23. The summed E-state index contributed by atoms with van der Waals surface area (Å²) in [7, 11) is 0. The van der Waals surface area contributed by atoms with Gasteiger partial charge in [0.05, 0.1) is 11.6 Å². The van der Waals surface area contributed by atoms with Crippen LogP contribution >= 0.6 is 27.5 Å². The van der Waals surface area contributed by atoms with Crippen LogP contribution in [-0.2, 0) is 11.3 Å². The van der Waals surface area contributed by atoms with Crippen molar-refractivity contribution in [3.05, 3.63) is 33.3 Å². The first kappa shape index (κ1) is 11.4. The van der Waals surface area contributed by atoms with Crippen LogP contribution in [0.15, 0.2) is 22.7 Å². The van der Waals surface area contributed by atoms with E-state index in [0.717, 1.165) is 35.7 Å². The zero-order chi connectivity index (χ0) is 10.7. The van der Waals surface area contributed by atoms with Gasteiger partial charge in [0.1, 0.15) is 0 Å². The van der Waals surface area contributed by atoms with Crippen LogP contribution in [0.5, 0.6) is 0 Å². The molecule has 0 saturated carbocycles. The predicted octanol–water partition coefficient (Wildman–Crippen LogP) is 2.98. The minimum Gasteiger partial charge on any atom is -0.380 e. The molecule has 82 valence electrons. The van der Waals surface area contributed by atoms with Crippen molar-refractivity contribution in [2.24, 2.45) is 0 Å². The topological polar surface area (TPSA) is 21.3 Å². The monoisotopic (exact) mass is 289 g/mol. The first-order valence-electron chi connectivity index (χ1n) is 5.01. The molecule has 1 atom stereocenters. The standard InChI is InChI=1S/C11H13BrClNO/c12-11-8(2-1-3-10(11)13)6-14-9-4-5-15-7-9/h1-3,9,14H,4-7H2. The van der Waals surface area contributed by atoms with Crippen molar-refractivity contribution in [1.82, 2.24) is 5.32 Å². The summed E-state index contributed by atoms with van der Waals surface area (Å²) in [5.41, 5.74) is 1.19. The molecule has 1 fully saturated rings. The Morgan fingerprint density at radius 1 is 1.53 bits per heavy atom. The summed E-state index contributed by atoms with van der Waals surface area (Å²) in [5, 5.41) is 4.21. The number of rotatable bonds is 3. The molecule has 1 aromatic carbocycles. The maximum Gasteiger partial charge on any atom is 0.0620 e. The zero-order valence-electron chi connectivity index (χ0n) is 8.30. The largest absolute Gasteiger partial charge is 0.380 e. The third-order valence-corrected chi connectivity index (χ3v) is 4.02. The molecule has 1 N–H and O–H groups in total. The van der Waals surface area contributed by atoms with Crippen molar-refractivity contribution >= 4 is 27.5 Å². The van der Waals surface area contributed by atoms with Gasteiger partial charge in [0.25, 0.3) is 0 Å². The van der Waals surface area contributed by atoms with E-state index in [1.807, 2.05) is 12.1 Å². The van der Waals surface area contributed by atoms with E-state index in [2.05, 4.69) is 27.3 Å². The van der Waals surface area contributed by atoms with Gasteiger partial charge in [-0.1, -0.05) is 23.7 Å². The lowest BCUT2D eigenvalue weighted by atomic mass is 10.2. The maximum absolute atomic E-state index is 6.01. The first-order chi connectivity index (χ1) is 7.27. The first-order valence-corrected chi connectivity index (χ1v) is 6.18. The Morgan fingerprint density at radius 2 is 2.40 bits per heavy atom. The summed E-state index contributed by atoms with van der Waals surface area (Å²) < 4.78 is 6.28. The lowest BCUT2D eigenvalue weighted by Gasteiger charge is -2.12. The molecule has 1 saturated heterocycles. The third kappa shape index (κ3) is 2.94. The van der Waals surface area contributed by atoms with E-state index in [-0.39, 0.29) is 0 Å². The van der Waals surface area contributed by atoms with E-state index < -0.39 is 0 Å². The van der Waals surface area contributed by atoms with Gasteiger partial charge in [0, 0.05) is 23.7 Å². The molecule has 1 aliphatic rings. The summed E-state index contributed by atoms with van der Waals surface area (Å²) >= 11 is 9.50. The SMILES string of the molecule is Clc1cccc(CNC2CCOC2)c1Br. The van der Waals surface area contributed by atoms with Crippen molar-refractivity contribution in [2.45, 2.75) is 19.0 Å². The Balaban J connectivity index is 1.95. The molecule has 0 bridgehead atoms. The molecule has 0 aliphatic carbocycles. The molecule has 4 heteroatoms. The maximum atomic E-state index is 6.01. The van der Waals surface area contributed by atoms with Crippen molar-refractivity contribution < 1.29 is 4.74 Å². The fraction of sp³-hybridized carbons (Fsp3) is 0.455. The lowest BCUT2D eigenvalue weighted by molar-refractivity contribution is 0.190. The second-order valence-corrected chi connectivity index (χ2v) is 4.85. The van der Waals surface area contributed by atoms with Crippen molar-refractivity contribution in [1.29, 1.82) is 0 Å². The Kier molecular flexibility index (Phi) is 4.03. The summed E-state index contributed by atoms with van der Waals surface area (Å²) in [6.07, 6.45) is 1.10. The molecular weight excluding hydrogens is 277 g/mol. The van der Waals surface area contributed by atoms with E-state index in [0.29, 0.717) is 6.04 Å². The van der Waals surface area contributed by atoms with Crippen molar-refractivity contribution in [3.63, 3.8) is 0 Å². The second kappa shape index (κ2) is 5.30. The molecule has 1 unspecified atom stereocenters. The highest BCUT2D eigenvalue weighted by Gasteiger charge is 2.15. The third-order valence-electron chi connectivity index (χ3n) is 2.54. The molecule has 1 aliphatic heterocycles. The van der Waals surface area contributed by atoms with Crippen molar-refractivity contribution in [2.75, 3.05) is 13.2 Å². The van der Waals surface area contributed by atoms with Crippen LogP contribution in [0, 0.1) is 0 Å². The van der Waals surface area contributed by atoms with Crippen LogP contribution < -0.4 is 5.32 Å². The van der Waals surface area contributed by atoms with E-state index in [4.69, 9.17) is 16.3 Å². The molecule has 2 rings (SSSR count). The van der Waals surface area contributed by atoms with Gasteiger partial charge in [0.2, 0.25) is 0 Å². The van der Waals surface area contributed by atoms with Crippen LogP contribution in [0.1, 0.15) is 12.0 Å². The Hall–Kier alpha value is -0.0900. The second-order valence-electron chi connectivity index (χ2n) is 3.65. The van der Waals surface area contributed by atoms with E-state index in [1.54, 1.807) is 0 Å². The van der Waals surface area contributed by atoms with Gasteiger partial charge in [-0.05, 0) is 34.0 Å². The summed E-state index contributed by atoms with van der Waals surface area (Å²) in [4.78, 5) is 0. The Bertz CT molecular complexity index is 339. The van der Waals surface area contributed by atoms with Gasteiger partial charge >= 0.3 is 0 Å². The summed E-state index contributed by atoms with van der Waals surface area (Å²) in [5.74, 6) is 0. The van der Waals surface area contributed by atoms with Crippen LogP contribution in [0.2, 0.25) is 5.02 Å². The van der Waals surface area contributed by atoms with E-state index in [9.17, 15) is 0 Å². The Morgan fingerprint density at radius 3 is 3.13 bits per heavy atom. The molecular formula is C11H13BrClNO. The zero-order valence-corrected chi connectivity index (χ0v) is 10.6. The quantitative estimate of drug-likeness (QED) is 0.924. The molecule has 15 heavy (non-hydrogen) atoms. The van der Waals surface area contributed by atoms with Gasteiger partial charge in [-0.15, -0.1) is 0 Å². The summed E-state index contributed by atoms with van der Waals surface area (Å²) in [6, 6.07) is 6.40. The average Bonchev–Trinajstić information content (AvgIpc) is 2.73.